The molecule has 1 N–H and O–H groups in total. The van der Waals surface area contributed by atoms with Gasteiger partial charge in [0.25, 0.3) is 0 Å². The van der Waals surface area contributed by atoms with Crippen LogP contribution >= 0.6 is 27.3 Å². The van der Waals surface area contributed by atoms with Gasteiger partial charge in [0.2, 0.25) is 5.91 Å². The Hall–Kier alpha value is -1.25. The molecule has 27 heavy (non-hydrogen) atoms. The van der Waals surface area contributed by atoms with E-state index in [9.17, 15) is 13.2 Å². The second-order valence-electron chi connectivity index (χ2n) is 7.00. The molecule has 0 bridgehead atoms. The van der Waals surface area contributed by atoms with Crippen molar-refractivity contribution in [2.45, 2.75) is 44.8 Å². The number of anilines is 1. The number of halogens is 1. The number of sulfone groups is 1. The van der Waals surface area contributed by atoms with Crippen LogP contribution in [0, 0.1) is 5.92 Å². The van der Waals surface area contributed by atoms with Gasteiger partial charge in [-0.15, -0.1) is 11.3 Å². The molecule has 1 heterocycles. The van der Waals surface area contributed by atoms with Gasteiger partial charge in [0.1, 0.15) is 5.75 Å². The summed E-state index contributed by atoms with van der Waals surface area (Å²) in [6.07, 6.45) is 5.48. The number of nitrogens with one attached hydrogen (secondary N) is 1. The van der Waals surface area contributed by atoms with Crippen LogP contribution in [-0.4, -0.2) is 25.1 Å². The fourth-order valence-electron chi connectivity index (χ4n) is 3.44. The van der Waals surface area contributed by atoms with E-state index in [2.05, 4.69) is 33.2 Å². The highest BCUT2D eigenvalue weighted by atomic mass is 79.9. The van der Waals surface area contributed by atoms with Gasteiger partial charge in [0.15, 0.2) is 15.0 Å². The van der Waals surface area contributed by atoms with Gasteiger partial charge in [-0.3, -0.25) is 4.79 Å². The highest BCUT2D eigenvalue weighted by Crippen LogP contribution is 2.34. The first-order valence-electron chi connectivity index (χ1n) is 9.08. The highest BCUT2D eigenvalue weighted by molar-refractivity contribution is 9.10. The molecule has 0 saturated carbocycles. The Morgan fingerprint density at radius 2 is 2.22 bits per heavy atom. The van der Waals surface area contributed by atoms with E-state index in [0.717, 1.165) is 29.4 Å². The fourth-order valence-corrected chi connectivity index (χ4v) is 6.28. The summed E-state index contributed by atoms with van der Waals surface area (Å²) in [5.41, 5.74) is 1.71. The zero-order valence-electron chi connectivity index (χ0n) is 15.2. The van der Waals surface area contributed by atoms with Crippen LogP contribution in [0.1, 0.15) is 42.3 Å². The standard InChI is InChI=1S/C19H23BrN2O3S2/c1-2-4-13-7-8-16-17(10-13)26-19(21-16)22-18(23)12-27(24,25)11-14-5-3-6-15(20)9-14/h3,5-6,9,13H,2,4,7-8,10-12H2,1H3,(H,21,22,23)/t13-/m1/s1. The summed E-state index contributed by atoms with van der Waals surface area (Å²) in [6.45, 7) is 2.20. The van der Waals surface area contributed by atoms with Crippen molar-refractivity contribution >= 4 is 48.1 Å². The van der Waals surface area contributed by atoms with Crippen molar-refractivity contribution in [2.75, 3.05) is 11.1 Å². The Morgan fingerprint density at radius 3 is 2.96 bits per heavy atom. The van der Waals surface area contributed by atoms with Crippen LogP contribution in [0.4, 0.5) is 5.13 Å². The van der Waals surface area contributed by atoms with Crippen molar-refractivity contribution in [1.82, 2.24) is 4.98 Å². The molecule has 0 unspecified atom stereocenters. The molecule has 5 nitrogen and oxygen atoms in total. The molecular weight excluding hydrogens is 448 g/mol. The van der Waals surface area contributed by atoms with Gasteiger partial charge in [0.05, 0.1) is 11.4 Å². The Labute approximate surface area is 172 Å². The summed E-state index contributed by atoms with van der Waals surface area (Å²) in [4.78, 5) is 18.0. The van der Waals surface area contributed by atoms with E-state index in [1.165, 1.54) is 29.1 Å². The van der Waals surface area contributed by atoms with Crippen molar-refractivity contribution in [3.63, 3.8) is 0 Å². The Morgan fingerprint density at radius 1 is 1.41 bits per heavy atom. The van der Waals surface area contributed by atoms with E-state index in [1.807, 2.05) is 6.07 Å². The van der Waals surface area contributed by atoms with Gasteiger partial charge in [-0.25, -0.2) is 13.4 Å². The lowest BCUT2D eigenvalue weighted by Gasteiger charge is -2.19. The molecule has 0 spiro atoms. The normalized spacial score (nSPS) is 16.7. The first kappa shape index (κ1) is 20.5. The van der Waals surface area contributed by atoms with Crippen molar-refractivity contribution < 1.29 is 13.2 Å². The molecule has 1 amide bonds. The van der Waals surface area contributed by atoms with Crippen LogP contribution in [0.3, 0.4) is 0 Å². The molecule has 0 saturated heterocycles. The van der Waals surface area contributed by atoms with Gasteiger partial charge in [-0.1, -0.05) is 47.8 Å². The highest BCUT2D eigenvalue weighted by Gasteiger charge is 2.24. The Balaban J connectivity index is 1.59. The number of hydrogen-bond donors (Lipinski definition) is 1. The minimum absolute atomic E-state index is 0.160. The molecule has 1 aromatic heterocycles. The summed E-state index contributed by atoms with van der Waals surface area (Å²) < 4.78 is 25.5. The van der Waals surface area contributed by atoms with E-state index in [-0.39, 0.29) is 5.75 Å². The van der Waals surface area contributed by atoms with Gasteiger partial charge < -0.3 is 5.32 Å². The van der Waals surface area contributed by atoms with Crippen molar-refractivity contribution in [3.05, 3.63) is 44.9 Å². The first-order valence-corrected chi connectivity index (χ1v) is 12.5. The monoisotopic (exact) mass is 470 g/mol. The zero-order valence-corrected chi connectivity index (χ0v) is 18.4. The van der Waals surface area contributed by atoms with Crippen LogP contribution < -0.4 is 5.32 Å². The van der Waals surface area contributed by atoms with Gasteiger partial charge in [-0.2, -0.15) is 0 Å². The molecule has 8 heteroatoms. The minimum atomic E-state index is -3.54. The Kier molecular flexibility index (Phi) is 6.70. The third-order valence-corrected chi connectivity index (χ3v) is 7.62. The van der Waals surface area contributed by atoms with E-state index in [0.29, 0.717) is 16.6 Å². The Bertz CT molecular complexity index is 925. The number of carbonyl (C=O) groups excluding carboxylic acids is 1. The maximum Gasteiger partial charge on any atom is 0.241 e. The van der Waals surface area contributed by atoms with Crippen LogP contribution in [-0.2, 0) is 33.2 Å². The van der Waals surface area contributed by atoms with Crippen molar-refractivity contribution in [2.24, 2.45) is 5.92 Å². The topological polar surface area (TPSA) is 76.1 Å². The molecule has 2 aromatic rings. The lowest BCUT2D eigenvalue weighted by molar-refractivity contribution is -0.113. The number of rotatable bonds is 7. The van der Waals surface area contributed by atoms with Crippen LogP contribution in [0.25, 0.3) is 0 Å². The first-order chi connectivity index (χ1) is 12.8. The predicted octanol–water partition coefficient (Wildman–Crippen LogP) is 4.36. The third-order valence-electron chi connectivity index (χ3n) is 4.61. The smallest absolute Gasteiger partial charge is 0.241 e. The van der Waals surface area contributed by atoms with E-state index >= 15 is 0 Å². The zero-order chi connectivity index (χ0) is 19.4. The second-order valence-corrected chi connectivity index (χ2v) is 11.1. The number of fused-ring (bicyclic) bond motifs is 1. The molecule has 0 aliphatic heterocycles. The van der Waals surface area contributed by atoms with Gasteiger partial charge in [0, 0.05) is 9.35 Å². The van der Waals surface area contributed by atoms with Gasteiger partial charge >= 0.3 is 0 Å². The maximum absolute atomic E-state index is 12.3. The summed E-state index contributed by atoms with van der Waals surface area (Å²) in [5.74, 6) is -0.534. The number of benzene rings is 1. The molecule has 1 aliphatic rings. The summed E-state index contributed by atoms with van der Waals surface area (Å²) in [6, 6.07) is 7.10. The minimum Gasteiger partial charge on any atom is -0.301 e. The molecule has 3 rings (SSSR count). The number of carbonyl (C=O) groups is 1. The van der Waals surface area contributed by atoms with Crippen LogP contribution in [0.15, 0.2) is 28.7 Å². The van der Waals surface area contributed by atoms with Crippen LogP contribution in [0.2, 0.25) is 0 Å². The van der Waals surface area contributed by atoms with E-state index in [4.69, 9.17) is 0 Å². The lowest BCUT2D eigenvalue weighted by Crippen LogP contribution is -2.23. The number of aryl methyl sites for hydroxylation is 1. The molecule has 146 valence electrons. The average molecular weight is 471 g/mol. The second kappa shape index (κ2) is 8.84. The predicted molar refractivity (Wildman–Crippen MR) is 113 cm³/mol. The molecule has 1 atom stereocenters. The lowest BCUT2D eigenvalue weighted by atomic mass is 9.88. The molecular formula is C19H23BrN2O3S2. The number of nitrogens with zero attached hydrogens (tertiary/aromatic N) is 1. The number of thiazole rings is 1. The van der Waals surface area contributed by atoms with E-state index < -0.39 is 21.5 Å². The van der Waals surface area contributed by atoms with Gasteiger partial charge in [-0.05, 0) is 42.9 Å². The van der Waals surface area contributed by atoms with Crippen molar-refractivity contribution in [1.29, 1.82) is 0 Å². The molecule has 1 aliphatic carbocycles. The third kappa shape index (κ3) is 5.86. The SMILES string of the molecule is CCC[C@@H]1CCc2nc(NC(=O)CS(=O)(=O)Cc3cccc(Br)c3)sc2C1. The number of amides is 1. The quantitative estimate of drug-likeness (QED) is 0.651. The molecule has 1 aromatic carbocycles. The summed E-state index contributed by atoms with van der Waals surface area (Å²) >= 11 is 4.81. The van der Waals surface area contributed by atoms with Crippen LogP contribution in [0.5, 0.6) is 0 Å². The number of hydrogen-bond acceptors (Lipinski definition) is 5. The summed E-state index contributed by atoms with van der Waals surface area (Å²) in [5, 5.41) is 3.19. The fraction of sp³-hybridized carbons (Fsp3) is 0.474. The van der Waals surface area contributed by atoms with E-state index in [1.54, 1.807) is 18.2 Å². The maximum atomic E-state index is 12.3. The molecule has 0 radical (unpaired) electrons. The average Bonchev–Trinajstić information content (AvgIpc) is 2.95. The van der Waals surface area contributed by atoms with Crippen molar-refractivity contribution in [3.8, 4) is 0 Å². The largest absolute Gasteiger partial charge is 0.301 e. The summed E-state index contributed by atoms with van der Waals surface area (Å²) in [7, 11) is -3.54. The number of aromatic nitrogens is 1. The molecule has 0 fully saturated rings.